The molecule has 0 atom stereocenters. The van der Waals surface area contributed by atoms with Crippen LogP contribution in [-0.2, 0) is 13.1 Å². The molecule has 0 heterocycles. The Balaban J connectivity index is 0.000000451. The number of hydrogen-bond donors (Lipinski definition) is 2. The molecule has 6 nitrogen and oxygen atoms in total. The van der Waals surface area contributed by atoms with E-state index >= 15 is 0 Å². The highest BCUT2D eigenvalue weighted by Crippen LogP contribution is 2.09. The van der Waals surface area contributed by atoms with Gasteiger partial charge in [-0.25, -0.2) is 0 Å². The van der Waals surface area contributed by atoms with Crippen LogP contribution in [0.4, 0.5) is 0 Å². The molecule has 0 radical (unpaired) electrons. The lowest BCUT2D eigenvalue weighted by atomic mass is 10.2. The summed E-state index contributed by atoms with van der Waals surface area (Å²) in [5.74, 6) is 0. The molecule has 0 aliphatic heterocycles. The lowest BCUT2D eigenvalue weighted by molar-refractivity contribution is 1.06. The number of nitriles is 2. The predicted molar refractivity (Wildman–Crippen MR) is 134 cm³/mol. The van der Waals surface area contributed by atoms with Crippen molar-refractivity contribution in [3.63, 3.8) is 0 Å². The Hall–Kier alpha value is -2.43. The Kier molecular flexibility index (Phi) is 18.3. The summed E-state index contributed by atoms with van der Waals surface area (Å²) >= 11 is 4.40. The van der Waals surface area contributed by atoms with Gasteiger partial charge in [0.25, 0.3) is 0 Å². The van der Waals surface area contributed by atoms with Gasteiger partial charge in [0.05, 0.1) is 6.54 Å². The minimum atomic E-state index is 0.603. The molecule has 0 aliphatic rings. The maximum atomic E-state index is 8.41. The molecule has 0 spiro atoms. The van der Waals surface area contributed by atoms with Gasteiger partial charge < -0.3 is 5.73 Å². The molecule has 2 aromatic carbocycles. The molecular weight excluding hydrogens is 432 g/mol. The van der Waals surface area contributed by atoms with Crippen LogP contribution in [0.2, 0.25) is 0 Å². The van der Waals surface area contributed by atoms with Crippen LogP contribution in [0.1, 0.15) is 11.1 Å². The van der Waals surface area contributed by atoms with Crippen molar-refractivity contribution in [2.75, 3.05) is 18.8 Å². The normalized spacial score (nSPS) is 9.47. The first-order chi connectivity index (χ1) is 14.6. The van der Waals surface area contributed by atoms with Crippen molar-refractivity contribution >= 4 is 44.8 Å². The smallest absolute Gasteiger partial charge is 0.207 e. The first kappa shape index (κ1) is 27.6. The molecule has 0 bridgehead atoms. The molecule has 2 aromatic rings. The Morgan fingerprint density at radius 3 is 1.77 bits per heavy atom. The fourth-order valence-electron chi connectivity index (χ4n) is 1.78. The molecule has 0 amide bonds. The van der Waals surface area contributed by atoms with E-state index in [4.69, 9.17) is 16.3 Å². The molecule has 0 aliphatic carbocycles. The van der Waals surface area contributed by atoms with Crippen molar-refractivity contribution < 1.29 is 0 Å². The third kappa shape index (κ3) is 14.6. The van der Waals surface area contributed by atoms with Crippen LogP contribution < -0.4 is 11.1 Å². The van der Waals surface area contributed by atoms with Gasteiger partial charge in [-0.1, -0.05) is 72.4 Å². The lowest BCUT2D eigenvalue weighted by Crippen LogP contribution is -2.13. The van der Waals surface area contributed by atoms with Crippen molar-refractivity contribution in [2.24, 2.45) is 15.7 Å². The molecule has 30 heavy (non-hydrogen) atoms. The first-order valence-corrected chi connectivity index (χ1v) is 12.4. The number of amidine groups is 1. The van der Waals surface area contributed by atoms with Gasteiger partial charge in [-0.2, -0.15) is 15.5 Å². The molecule has 0 fully saturated rings. The second kappa shape index (κ2) is 19.9. The van der Waals surface area contributed by atoms with Crippen molar-refractivity contribution in [1.82, 2.24) is 5.32 Å². The summed E-state index contributed by atoms with van der Waals surface area (Å²) in [7, 11) is 0. The molecule has 0 aromatic heterocycles. The van der Waals surface area contributed by atoms with E-state index < -0.39 is 0 Å². The maximum Gasteiger partial charge on any atom is 0.207 e. The zero-order chi connectivity index (χ0) is 22.5. The van der Waals surface area contributed by atoms with Gasteiger partial charge in [0.1, 0.15) is 4.38 Å². The minimum absolute atomic E-state index is 0.603. The van der Waals surface area contributed by atoms with Gasteiger partial charge in [0.15, 0.2) is 11.4 Å². The van der Waals surface area contributed by atoms with Crippen LogP contribution in [0.15, 0.2) is 70.6 Å². The Labute approximate surface area is 192 Å². The Morgan fingerprint density at radius 2 is 1.43 bits per heavy atom. The second-order valence-corrected chi connectivity index (χ2v) is 7.77. The Morgan fingerprint density at radius 1 is 0.900 bits per heavy atom. The van der Waals surface area contributed by atoms with Crippen LogP contribution in [0, 0.1) is 22.9 Å². The molecule has 3 N–H and O–H groups in total. The molecule has 0 saturated heterocycles. The van der Waals surface area contributed by atoms with Crippen molar-refractivity contribution in [1.29, 1.82) is 10.5 Å². The van der Waals surface area contributed by atoms with E-state index in [1.807, 2.05) is 85.6 Å². The average molecular weight is 459 g/mol. The minimum Gasteiger partial charge on any atom is -0.326 e. The fourth-order valence-corrected chi connectivity index (χ4v) is 3.05. The van der Waals surface area contributed by atoms with Crippen LogP contribution in [0.3, 0.4) is 0 Å². The number of hydrogen-bond acceptors (Lipinski definition) is 8. The van der Waals surface area contributed by atoms with Crippen LogP contribution in [0.25, 0.3) is 0 Å². The van der Waals surface area contributed by atoms with Gasteiger partial charge in [-0.15, -0.1) is 23.5 Å². The number of rotatable bonds is 3. The SMILES string of the molecule is CSC(=NC#N)SC.CSC(=NCc1ccccc1)NC#N.NCc1ccccc1. The van der Waals surface area contributed by atoms with E-state index in [1.165, 1.54) is 40.8 Å². The highest BCUT2D eigenvalue weighted by atomic mass is 32.2. The summed E-state index contributed by atoms with van der Waals surface area (Å²) in [5, 5.41) is 19.6. The number of nitrogens with one attached hydrogen (secondary N) is 1. The maximum absolute atomic E-state index is 8.41. The number of benzene rings is 2. The molecule has 0 saturated carbocycles. The monoisotopic (exact) mass is 458 g/mol. The number of aliphatic imine (C=N–C) groups is 2. The Bertz CT molecular complexity index is 821. The van der Waals surface area contributed by atoms with E-state index in [0.717, 1.165) is 9.94 Å². The third-order valence-corrected chi connectivity index (χ3v) is 5.67. The van der Waals surface area contributed by atoms with E-state index in [9.17, 15) is 0 Å². The van der Waals surface area contributed by atoms with Gasteiger partial charge >= 0.3 is 0 Å². The zero-order valence-corrected chi connectivity index (χ0v) is 19.7. The summed E-state index contributed by atoms with van der Waals surface area (Å²) in [6.07, 6.45) is 9.24. The summed E-state index contributed by atoms with van der Waals surface area (Å²) < 4.78 is 0.813. The second-order valence-electron chi connectivity index (χ2n) is 5.12. The van der Waals surface area contributed by atoms with Crippen molar-refractivity contribution in [3.05, 3.63) is 71.8 Å². The van der Waals surface area contributed by atoms with E-state index in [2.05, 4.69) is 15.3 Å². The van der Waals surface area contributed by atoms with Gasteiger partial charge in [0, 0.05) is 6.54 Å². The fraction of sp³-hybridized carbons (Fsp3) is 0.238. The van der Waals surface area contributed by atoms with Gasteiger partial charge in [-0.05, 0) is 29.9 Å². The summed E-state index contributed by atoms with van der Waals surface area (Å²) in [6.45, 7) is 1.24. The molecular formula is C21H26N6S3. The zero-order valence-electron chi connectivity index (χ0n) is 17.3. The molecule has 0 unspecified atom stereocenters. The summed E-state index contributed by atoms with van der Waals surface area (Å²) in [6, 6.07) is 19.9. The van der Waals surface area contributed by atoms with Gasteiger partial charge in [-0.3, -0.25) is 10.3 Å². The number of thioether (sulfide) groups is 3. The average Bonchev–Trinajstić information content (AvgIpc) is 2.82. The standard InChI is InChI=1S/C10H11N3S.C7H9N.C4H6N2S2/c1-14-10(13-8-11)12-7-9-5-3-2-4-6-9;8-6-7-4-2-1-3-5-7;1-7-4(8-2)6-3-5/h2-6H,7H2,1H3,(H,12,13);1-5H,6,8H2;1-2H3. The highest BCUT2D eigenvalue weighted by Gasteiger charge is 1.94. The van der Waals surface area contributed by atoms with E-state index in [0.29, 0.717) is 18.3 Å². The third-order valence-electron chi connectivity index (χ3n) is 3.17. The van der Waals surface area contributed by atoms with Crippen molar-refractivity contribution in [3.8, 4) is 12.4 Å². The molecule has 9 heteroatoms. The van der Waals surface area contributed by atoms with E-state index in [-0.39, 0.29) is 0 Å². The molecule has 2 rings (SSSR count). The molecule has 158 valence electrons. The quantitative estimate of drug-likeness (QED) is 0.297. The topological polar surface area (TPSA) is 110 Å². The summed E-state index contributed by atoms with van der Waals surface area (Å²) in [4.78, 5) is 7.76. The predicted octanol–water partition coefficient (Wildman–Crippen LogP) is 4.67. The van der Waals surface area contributed by atoms with E-state index in [1.54, 1.807) is 6.19 Å². The largest absolute Gasteiger partial charge is 0.326 e. The van der Waals surface area contributed by atoms with Crippen LogP contribution in [0.5, 0.6) is 0 Å². The lowest BCUT2D eigenvalue weighted by Gasteiger charge is -1.99. The van der Waals surface area contributed by atoms with Gasteiger partial charge in [0.2, 0.25) is 6.19 Å². The van der Waals surface area contributed by atoms with Crippen LogP contribution >= 0.6 is 35.3 Å². The first-order valence-electron chi connectivity index (χ1n) is 8.71. The highest BCUT2D eigenvalue weighted by molar-refractivity contribution is 8.38. The van der Waals surface area contributed by atoms with Crippen molar-refractivity contribution in [2.45, 2.75) is 13.1 Å². The number of nitrogens with zero attached hydrogens (tertiary/aromatic N) is 4. The number of nitrogens with two attached hydrogens (primary N) is 1. The van der Waals surface area contributed by atoms with Crippen LogP contribution in [-0.4, -0.2) is 28.3 Å². The summed E-state index contributed by atoms with van der Waals surface area (Å²) in [5.41, 5.74) is 7.68.